The van der Waals surface area contributed by atoms with Crippen LogP contribution < -0.4 is 5.32 Å². The molecule has 1 atom stereocenters. The van der Waals surface area contributed by atoms with Crippen molar-refractivity contribution in [1.82, 2.24) is 20.2 Å². The van der Waals surface area contributed by atoms with Crippen molar-refractivity contribution in [2.45, 2.75) is 51.7 Å². The number of aromatic nitrogens is 2. The molecule has 1 unspecified atom stereocenters. The number of amides is 1. The molecule has 3 aromatic rings. The van der Waals surface area contributed by atoms with Gasteiger partial charge in [-0.2, -0.15) is 0 Å². The molecule has 1 aliphatic heterocycles. The van der Waals surface area contributed by atoms with Crippen LogP contribution in [0, 0.1) is 0 Å². The van der Waals surface area contributed by atoms with Crippen molar-refractivity contribution in [3.63, 3.8) is 0 Å². The van der Waals surface area contributed by atoms with Crippen LogP contribution in [0.4, 0.5) is 0 Å². The molecule has 2 aliphatic rings. The summed E-state index contributed by atoms with van der Waals surface area (Å²) in [5, 5.41) is 3.29. The number of halogens is 1. The zero-order valence-corrected chi connectivity index (χ0v) is 21.2. The first kappa shape index (κ1) is 24.3. The second-order valence-corrected chi connectivity index (χ2v) is 9.85. The molecule has 0 saturated heterocycles. The lowest BCUT2D eigenvalue weighted by Crippen LogP contribution is -2.35. The molecule has 5 rings (SSSR count). The van der Waals surface area contributed by atoms with E-state index in [-0.39, 0.29) is 11.9 Å². The van der Waals surface area contributed by atoms with Gasteiger partial charge in [0.15, 0.2) is 0 Å². The zero-order chi connectivity index (χ0) is 24.9. The van der Waals surface area contributed by atoms with Crippen molar-refractivity contribution >= 4 is 23.2 Å². The lowest BCUT2D eigenvalue weighted by atomic mass is 9.90. The third kappa shape index (κ3) is 5.72. The maximum atomic E-state index is 12.5. The topological polar surface area (TPSA) is 70.5 Å². The van der Waals surface area contributed by atoms with Crippen LogP contribution in [0.15, 0.2) is 77.8 Å². The van der Waals surface area contributed by atoms with Gasteiger partial charge in [0.25, 0.3) is 5.91 Å². The van der Waals surface area contributed by atoms with Gasteiger partial charge in [-0.1, -0.05) is 48.0 Å². The Morgan fingerprint density at radius 1 is 1.11 bits per heavy atom. The van der Waals surface area contributed by atoms with Crippen LogP contribution in [0.25, 0.3) is 0 Å². The molecule has 0 radical (unpaired) electrons. The standard InChI is InChI=1S/C29H30ClN5O/c1-20-7-12-24(34-20)19-35(27-6-2-4-23-5-3-14-32-28(23)27)18-22-10-8-21(9-11-22)16-33-29(36)25-13-15-31-17-26(25)30/h3,5,7-11,13-15,17,27H,2,4,6,12,16,18-19H2,1H3,(H,33,36). The smallest absolute Gasteiger partial charge is 0.253 e. The zero-order valence-electron chi connectivity index (χ0n) is 20.5. The van der Waals surface area contributed by atoms with Crippen molar-refractivity contribution in [2.75, 3.05) is 6.54 Å². The maximum absolute atomic E-state index is 12.5. The van der Waals surface area contributed by atoms with Crippen LogP contribution in [-0.2, 0) is 19.5 Å². The Morgan fingerprint density at radius 2 is 1.94 bits per heavy atom. The van der Waals surface area contributed by atoms with Gasteiger partial charge in [-0.15, -0.1) is 0 Å². The number of aryl methyl sites for hydroxylation is 1. The highest BCUT2D eigenvalue weighted by Gasteiger charge is 2.28. The second-order valence-electron chi connectivity index (χ2n) is 9.44. The fourth-order valence-corrected chi connectivity index (χ4v) is 5.20. The Hall–Kier alpha value is -3.35. The first-order valence-electron chi connectivity index (χ1n) is 12.4. The minimum absolute atomic E-state index is 0.206. The van der Waals surface area contributed by atoms with E-state index in [1.54, 1.807) is 12.3 Å². The number of hydrogen-bond donors (Lipinski definition) is 1. The van der Waals surface area contributed by atoms with E-state index in [4.69, 9.17) is 21.6 Å². The van der Waals surface area contributed by atoms with Crippen molar-refractivity contribution in [3.05, 3.63) is 106 Å². The summed E-state index contributed by atoms with van der Waals surface area (Å²) in [4.78, 5) is 28.5. The molecule has 1 aromatic carbocycles. The van der Waals surface area contributed by atoms with Gasteiger partial charge in [0, 0.05) is 56.1 Å². The Kier molecular flexibility index (Phi) is 7.54. The molecule has 0 bridgehead atoms. The summed E-state index contributed by atoms with van der Waals surface area (Å²) in [6, 6.07) is 14.6. The molecular weight excluding hydrogens is 470 g/mol. The van der Waals surface area contributed by atoms with Gasteiger partial charge in [-0.05, 0) is 55.0 Å². The van der Waals surface area contributed by atoms with Gasteiger partial charge in [-0.25, -0.2) is 0 Å². The van der Waals surface area contributed by atoms with Crippen LogP contribution in [0.1, 0.15) is 65.0 Å². The van der Waals surface area contributed by atoms with E-state index in [1.807, 2.05) is 12.3 Å². The number of fused-ring (bicyclic) bond motifs is 1. The first-order valence-corrected chi connectivity index (χ1v) is 12.8. The molecule has 0 fully saturated rings. The van der Waals surface area contributed by atoms with E-state index in [0.717, 1.165) is 43.6 Å². The normalized spacial score (nSPS) is 16.9. The number of nitrogens with one attached hydrogen (secondary N) is 1. The van der Waals surface area contributed by atoms with Crippen LogP contribution in [-0.4, -0.2) is 33.0 Å². The minimum atomic E-state index is -0.206. The summed E-state index contributed by atoms with van der Waals surface area (Å²) in [5.41, 5.74) is 7.58. The molecule has 1 aliphatic carbocycles. The fraction of sp³-hybridized carbons (Fsp3) is 0.310. The molecule has 36 heavy (non-hydrogen) atoms. The number of benzene rings is 1. The van der Waals surface area contributed by atoms with Crippen molar-refractivity contribution < 1.29 is 4.79 Å². The SMILES string of the molecule is CC1=CCC(CN(Cc2ccc(CNC(=O)c3ccncc3Cl)cc2)C2CCCc3cccnc32)=N1. The van der Waals surface area contributed by atoms with Crippen molar-refractivity contribution in [3.8, 4) is 0 Å². The molecule has 1 amide bonds. The Labute approximate surface area is 217 Å². The molecule has 1 N–H and O–H groups in total. The number of allylic oxidation sites excluding steroid dienone is 2. The predicted octanol–water partition coefficient (Wildman–Crippen LogP) is 5.69. The van der Waals surface area contributed by atoms with E-state index < -0.39 is 0 Å². The molecule has 0 spiro atoms. The van der Waals surface area contributed by atoms with Crippen LogP contribution in [0.2, 0.25) is 5.02 Å². The Bertz CT molecular complexity index is 1300. The molecule has 184 valence electrons. The molecule has 3 heterocycles. The highest BCUT2D eigenvalue weighted by atomic mass is 35.5. The van der Waals surface area contributed by atoms with Gasteiger partial charge < -0.3 is 5.32 Å². The second kappa shape index (κ2) is 11.1. The van der Waals surface area contributed by atoms with Gasteiger partial charge in [0.05, 0.1) is 22.3 Å². The molecule has 6 nitrogen and oxygen atoms in total. The van der Waals surface area contributed by atoms with E-state index in [2.05, 4.69) is 58.5 Å². The van der Waals surface area contributed by atoms with Gasteiger partial charge in [0.1, 0.15) is 0 Å². The summed E-state index contributed by atoms with van der Waals surface area (Å²) in [5.74, 6) is -0.206. The third-order valence-corrected chi connectivity index (χ3v) is 7.14. The van der Waals surface area contributed by atoms with Crippen LogP contribution >= 0.6 is 11.6 Å². The van der Waals surface area contributed by atoms with E-state index in [1.165, 1.54) is 35.2 Å². The monoisotopic (exact) mass is 499 g/mol. The number of nitrogens with zero attached hydrogens (tertiary/aromatic N) is 4. The lowest BCUT2D eigenvalue weighted by molar-refractivity contribution is 0.0951. The molecule has 2 aromatic heterocycles. The maximum Gasteiger partial charge on any atom is 0.253 e. The molecular formula is C29H30ClN5O. The van der Waals surface area contributed by atoms with Gasteiger partial charge in [0.2, 0.25) is 0 Å². The average molecular weight is 500 g/mol. The Balaban J connectivity index is 1.28. The number of carbonyl (C=O) groups is 1. The summed E-state index contributed by atoms with van der Waals surface area (Å²) < 4.78 is 0. The number of pyridine rings is 2. The average Bonchev–Trinajstić information content (AvgIpc) is 3.32. The van der Waals surface area contributed by atoms with Crippen molar-refractivity contribution in [2.24, 2.45) is 4.99 Å². The summed E-state index contributed by atoms with van der Waals surface area (Å²) in [7, 11) is 0. The minimum Gasteiger partial charge on any atom is -0.348 e. The molecule has 7 heteroatoms. The van der Waals surface area contributed by atoms with Gasteiger partial charge in [-0.3, -0.25) is 24.7 Å². The van der Waals surface area contributed by atoms with E-state index in [9.17, 15) is 4.79 Å². The largest absolute Gasteiger partial charge is 0.348 e. The number of aliphatic imine (C=N–C) groups is 1. The lowest BCUT2D eigenvalue weighted by Gasteiger charge is -2.35. The van der Waals surface area contributed by atoms with Crippen LogP contribution in [0.3, 0.4) is 0 Å². The third-order valence-electron chi connectivity index (χ3n) is 6.84. The Morgan fingerprint density at radius 3 is 2.72 bits per heavy atom. The van der Waals surface area contributed by atoms with E-state index in [0.29, 0.717) is 17.1 Å². The quantitative estimate of drug-likeness (QED) is 0.432. The van der Waals surface area contributed by atoms with Crippen molar-refractivity contribution in [1.29, 1.82) is 0 Å². The first-order chi connectivity index (χ1) is 17.6. The fourth-order valence-electron chi connectivity index (χ4n) is 4.99. The number of hydrogen-bond acceptors (Lipinski definition) is 5. The summed E-state index contributed by atoms with van der Waals surface area (Å²) in [6.07, 6.45) is 11.4. The summed E-state index contributed by atoms with van der Waals surface area (Å²) in [6.45, 7) is 4.15. The van der Waals surface area contributed by atoms with Crippen LogP contribution in [0.5, 0.6) is 0 Å². The predicted molar refractivity (Wildman–Crippen MR) is 143 cm³/mol. The van der Waals surface area contributed by atoms with Gasteiger partial charge >= 0.3 is 0 Å². The highest BCUT2D eigenvalue weighted by molar-refractivity contribution is 6.33. The van der Waals surface area contributed by atoms with E-state index >= 15 is 0 Å². The number of carbonyl (C=O) groups excluding carboxylic acids is 1. The number of rotatable bonds is 8. The summed E-state index contributed by atoms with van der Waals surface area (Å²) >= 11 is 6.09. The highest BCUT2D eigenvalue weighted by Crippen LogP contribution is 2.34. The molecule has 0 saturated carbocycles.